The summed E-state index contributed by atoms with van der Waals surface area (Å²) in [7, 11) is 1.55. The van der Waals surface area contributed by atoms with Gasteiger partial charge in [0, 0.05) is 36.9 Å². The highest BCUT2D eigenvalue weighted by molar-refractivity contribution is 9.18. The van der Waals surface area contributed by atoms with E-state index in [1.807, 2.05) is 30.3 Å². The molecule has 6 nitrogen and oxygen atoms in total. The molecule has 3 aromatic rings. The quantitative estimate of drug-likeness (QED) is 0.121. The molecule has 5 rings (SSSR count). The van der Waals surface area contributed by atoms with Crippen LogP contribution in [0.15, 0.2) is 47.5 Å². The van der Waals surface area contributed by atoms with Crippen LogP contribution in [0.1, 0.15) is 31.2 Å². The molecule has 0 aliphatic carbocycles. The highest BCUT2D eigenvalue weighted by atomic mass is 79.9. The average molecular weight is 605 g/mol. The molecule has 2 atom stereocenters. The van der Waals surface area contributed by atoms with Crippen LogP contribution in [0.4, 0.5) is 10.1 Å². The van der Waals surface area contributed by atoms with Gasteiger partial charge in [-0.1, -0.05) is 35.9 Å². The lowest BCUT2D eigenvalue weighted by molar-refractivity contribution is -0.0149. The van der Waals surface area contributed by atoms with Crippen LogP contribution in [0.2, 0.25) is 5.02 Å². The summed E-state index contributed by atoms with van der Waals surface area (Å²) >= 11 is 10.2. The number of aliphatic imine (C=N–C) groups is 1. The molecular weight excluding hydrogens is 573 g/mol. The van der Waals surface area contributed by atoms with E-state index in [-0.39, 0.29) is 23.1 Å². The molecule has 2 heterocycles. The van der Waals surface area contributed by atoms with Gasteiger partial charge in [-0.2, -0.15) is 0 Å². The van der Waals surface area contributed by atoms with E-state index in [4.69, 9.17) is 31.5 Å². The number of nitrogens with two attached hydrogens (primary N) is 1. The Kier molecular flexibility index (Phi) is 8.85. The van der Waals surface area contributed by atoms with Gasteiger partial charge in [0.25, 0.3) is 0 Å². The summed E-state index contributed by atoms with van der Waals surface area (Å²) in [6.45, 7) is 3.45. The second-order valence-corrected chi connectivity index (χ2v) is 10.9. The van der Waals surface area contributed by atoms with E-state index in [1.54, 1.807) is 19.2 Å². The first-order chi connectivity index (χ1) is 18.5. The number of nitrogen functional groups attached to an aromatic ring is 1. The van der Waals surface area contributed by atoms with Crippen molar-refractivity contribution in [2.24, 2.45) is 4.99 Å². The van der Waals surface area contributed by atoms with Crippen molar-refractivity contribution < 1.29 is 18.6 Å². The number of nitrogens with zero attached hydrogens (tertiary/aromatic N) is 2. The van der Waals surface area contributed by atoms with Gasteiger partial charge in [0.2, 0.25) is 0 Å². The van der Waals surface area contributed by atoms with Gasteiger partial charge in [0.15, 0.2) is 12.6 Å². The molecular formula is C29H32BrClFN3O3. The zero-order chi connectivity index (χ0) is 26.6. The molecule has 2 aliphatic rings. The van der Waals surface area contributed by atoms with Crippen molar-refractivity contribution in [3.05, 3.63) is 58.9 Å². The molecule has 2 bridgehead atoms. The Morgan fingerprint density at radius 1 is 1.18 bits per heavy atom. The van der Waals surface area contributed by atoms with Gasteiger partial charge in [-0.15, -0.1) is 0 Å². The van der Waals surface area contributed by atoms with Crippen LogP contribution < -0.4 is 10.5 Å². The predicted molar refractivity (Wildman–Crippen MR) is 155 cm³/mol. The van der Waals surface area contributed by atoms with Gasteiger partial charge in [0.05, 0.1) is 23.9 Å². The molecule has 38 heavy (non-hydrogen) atoms. The predicted octanol–water partition coefficient (Wildman–Crippen LogP) is 6.65. The Morgan fingerprint density at radius 2 is 1.95 bits per heavy atom. The lowest BCUT2D eigenvalue weighted by Gasteiger charge is -2.34. The minimum absolute atomic E-state index is 0.00258. The molecule has 2 unspecified atom stereocenters. The van der Waals surface area contributed by atoms with E-state index in [1.165, 1.54) is 12.8 Å². The van der Waals surface area contributed by atoms with Crippen molar-refractivity contribution in [1.82, 2.24) is 4.90 Å². The van der Waals surface area contributed by atoms with E-state index in [9.17, 15) is 0 Å². The van der Waals surface area contributed by atoms with Crippen molar-refractivity contribution in [2.75, 3.05) is 45.9 Å². The molecule has 0 amide bonds. The largest absolute Gasteiger partial charge is 0.468 e. The Bertz CT molecular complexity index is 1320. The second-order valence-electron chi connectivity index (χ2n) is 9.79. The maximum absolute atomic E-state index is 15.8. The fourth-order valence-electron chi connectivity index (χ4n) is 5.50. The van der Waals surface area contributed by atoms with Gasteiger partial charge in [-0.25, -0.2) is 4.39 Å². The van der Waals surface area contributed by atoms with Crippen LogP contribution in [-0.4, -0.2) is 61.8 Å². The number of ether oxygens (including phenoxy) is 3. The summed E-state index contributed by atoms with van der Waals surface area (Å²) in [6.07, 6.45) is 4.45. The average Bonchev–Trinajstić information content (AvgIpc) is 3.13. The Hall–Kier alpha value is -2.23. The number of morpholine rings is 1. The molecule has 202 valence electrons. The van der Waals surface area contributed by atoms with Crippen molar-refractivity contribution >= 4 is 48.6 Å². The van der Waals surface area contributed by atoms with Crippen LogP contribution in [0.25, 0.3) is 21.9 Å². The number of unbranched alkanes of at least 4 members (excludes halogenated alkanes) is 1. The molecule has 0 radical (unpaired) electrons. The van der Waals surface area contributed by atoms with E-state index >= 15 is 4.39 Å². The van der Waals surface area contributed by atoms with Gasteiger partial charge < -0.3 is 19.9 Å². The summed E-state index contributed by atoms with van der Waals surface area (Å²) in [5.74, 6) is -0.0389. The summed E-state index contributed by atoms with van der Waals surface area (Å²) < 4.78 is 32.7. The summed E-state index contributed by atoms with van der Waals surface area (Å²) in [4.78, 5) is 7.22. The highest BCUT2D eigenvalue weighted by Crippen LogP contribution is 2.41. The minimum Gasteiger partial charge on any atom is -0.468 e. The topological polar surface area (TPSA) is 69.3 Å². The normalized spacial score (nSPS) is 19.8. The Labute approximate surface area is 236 Å². The molecule has 2 N–H and O–H groups in total. The van der Waals surface area contributed by atoms with Crippen LogP contribution in [0, 0.1) is 5.82 Å². The van der Waals surface area contributed by atoms with Crippen LogP contribution >= 0.6 is 27.5 Å². The number of halogens is 3. The van der Waals surface area contributed by atoms with E-state index in [2.05, 4.69) is 25.8 Å². The number of hydrogen-bond acceptors (Lipinski definition) is 6. The summed E-state index contributed by atoms with van der Waals surface area (Å²) in [5.41, 5.74) is 7.57. The molecule has 3 aromatic carbocycles. The first kappa shape index (κ1) is 27.3. The summed E-state index contributed by atoms with van der Waals surface area (Å²) in [5, 5.41) is 1.98. The number of benzene rings is 3. The lowest BCUT2D eigenvalue weighted by atomic mass is 9.95. The third-order valence-electron chi connectivity index (χ3n) is 7.39. The molecule has 0 aromatic heterocycles. The molecule has 2 fully saturated rings. The first-order valence-corrected chi connectivity index (χ1v) is 14.1. The van der Waals surface area contributed by atoms with Crippen molar-refractivity contribution in [3.8, 4) is 16.9 Å². The van der Waals surface area contributed by atoms with Crippen molar-refractivity contribution in [1.29, 1.82) is 0 Å². The molecule has 0 saturated carbocycles. The van der Waals surface area contributed by atoms with Crippen LogP contribution in [0.3, 0.4) is 0 Å². The van der Waals surface area contributed by atoms with Crippen LogP contribution in [-0.2, 0) is 9.47 Å². The zero-order valence-corrected chi connectivity index (χ0v) is 23.7. The van der Waals surface area contributed by atoms with Crippen LogP contribution in [0.5, 0.6) is 5.75 Å². The van der Waals surface area contributed by atoms with Gasteiger partial charge in [-0.05, 0) is 82.7 Å². The zero-order valence-electron chi connectivity index (χ0n) is 21.4. The number of hydrogen-bond donors (Lipinski definition) is 1. The minimum atomic E-state index is -0.587. The number of rotatable bonds is 10. The Balaban J connectivity index is 1.34. The smallest absolute Gasteiger partial charge is 0.188 e. The SMILES string of the molecule is COCOc1cc(-c2c(Cl)cc(C(Br)=NCCCCN3C4CCC3COC4)c(N)c2F)c2ccccc2c1. The summed E-state index contributed by atoms with van der Waals surface area (Å²) in [6, 6.07) is 14.1. The second kappa shape index (κ2) is 12.3. The van der Waals surface area contributed by atoms with Crippen molar-refractivity contribution in [3.63, 3.8) is 0 Å². The lowest BCUT2D eigenvalue weighted by Crippen LogP contribution is -2.46. The standard InChI is InChI=1S/C29H32BrClFN3O3/c1-36-17-38-21-12-18-6-2-3-7-22(18)23(13-21)26-25(31)14-24(28(33)27(26)32)29(30)34-10-4-5-11-35-19-8-9-20(35)16-37-15-19/h2-3,6-7,12-14,19-20H,4-5,8-11,15-17,33H2,1H3. The Morgan fingerprint density at radius 3 is 2.71 bits per heavy atom. The van der Waals surface area contributed by atoms with Gasteiger partial charge >= 0.3 is 0 Å². The fraction of sp³-hybridized carbons (Fsp3) is 0.414. The van der Waals surface area contributed by atoms with E-state index in [0.717, 1.165) is 43.4 Å². The van der Waals surface area contributed by atoms with Crippen molar-refractivity contribution in [2.45, 2.75) is 37.8 Å². The van der Waals surface area contributed by atoms with E-state index < -0.39 is 5.82 Å². The molecule has 0 spiro atoms. The third-order valence-corrected chi connectivity index (χ3v) is 8.37. The molecule has 2 aliphatic heterocycles. The molecule has 2 saturated heterocycles. The number of anilines is 1. The molecule has 9 heteroatoms. The van der Waals surface area contributed by atoms with Gasteiger partial charge in [-0.3, -0.25) is 9.89 Å². The highest BCUT2D eigenvalue weighted by Gasteiger charge is 2.36. The third kappa shape index (κ3) is 5.70. The van der Waals surface area contributed by atoms with E-state index in [0.29, 0.717) is 40.1 Å². The number of methoxy groups -OCH3 is 1. The monoisotopic (exact) mass is 603 g/mol. The maximum atomic E-state index is 15.8. The fourth-order valence-corrected chi connectivity index (χ4v) is 6.30. The number of fused-ring (bicyclic) bond motifs is 3. The van der Waals surface area contributed by atoms with Gasteiger partial charge in [0.1, 0.15) is 10.4 Å². The first-order valence-electron chi connectivity index (χ1n) is 12.9. The maximum Gasteiger partial charge on any atom is 0.188 e.